The summed E-state index contributed by atoms with van der Waals surface area (Å²) in [4.78, 5) is 26.8. The molecule has 2 fully saturated rings. The van der Waals surface area contributed by atoms with E-state index in [4.69, 9.17) is 18.9 Å². The lowest BCUT2D eigenvalue weighted by molar-refractivity contribution is -0.156. The van der Waals surface area contributed by atoms with Gasteiger partial charge in [-0.05, 0) is 64.4 Å². The molecule has 0 amide bonds. The van der Waals surface area contributed by atoms with Crippen molar-refractivity contribution in [2.75, 3.05) is 7.11 Å². The fraction of sp³-hybridized carbons (Fsp3) is 0.758. The summed E-state index contributed by atoms with van der Waals surface area (Å²) in [5, 5.41) is 0. The van der Waals surface area contributed by atoms with Gasteiger partial charge in [-0.25, -0.2) is 0 Å². The maximum Gasteiger partial charge on any atom is 0.303 e. The van der Waals surface area contributed by atoms with Gasteiger partial charge in [-0.15, -0.1) is 0 Å². The minimum absolute atomic E-state index is 0.0233. The van der Waals surface area contributed by atoms with Crippen molar-refractivity contribution >= 4 is 11.8 Å². The van der Waals surface area contributed by atoms with Crippen LogP contribution < -0.4 is 0 Å². The molecule has 5 aliphatic rings. The van der Waals surface area contributed by atoms with Crippen molar-refractivity contribution in [2.24, 2.45) is 23.2 Å². The summed E-state index contributed by atoms with van der Waals surface area (Å²) in [6.45, 7) is 16.7. The number of hydrogen-bond acceptors (Lipinski definition) is 6. The Morgan fingerprint density at radius 2 is 1.85 bits per heavy atom. The average molecular weight is 541 g/mol. The molecule has 39 heavy (non-hydrogen) atoms. The standard InChI is InChI=1S/C33H48O6/c1-18(2)23-10-13-32(8)26(38-32)11-12-31(7)25(16-23)33-17-19(3)14-24(36-9)15-20(4)29(37-22(6)34)28(35)27(33)21(5)30(31)39-33/h14,16,18,20,24-26,29-30H,10-13,15,17H2,1-9H3/b19-14+,23-16+/t20-,24+,25-,26+,29+,30-,31-,32+,33-/m0/s1. The van der Waals surface area contributed by atoms with Gasteiger partial charge in [0, 0.05) is 43.3 Å². The Labute approximate surface area is 234 Å². The van der Waals surface area contributed by atoms with Crippen molar-refractivity contribution < 1.29 is 28.5 Å². The van der Waals surface area contributed by atoms with E-state index in [-0.39, 0.29) is 46.9 Å². The molecule has 0 unspecified atom stereocenters. The van der Waals surface area contributed by atoms with Gasteiger partial charge in [0.05, 0.1) is 23.9 Å². The zero-order valence-corrected chi connectivity index (χ0v) is 25.4. The number of rotatable bonds is 3. The van der Waals surface area contributed by atoms with Gasteiger partial charge in [0.15, 0.2) is 6.10 Å². The molecule has 3 heterocycles. The lowest BCUT2D eigenvalue weighted by Gasteiger charge is -2.45. The van der Waals surface area contributed by atoms with Crippen LogP contribution in [0.4, 0.5) is 0 Å². The molecule has 0 aromatic heterocycles. The molecule has 2 bridgehead atoms. The second kappa shape index (κ2) is 9.95. The molecule has 0 saturated carbocycles. The summed E-state index contributed by atoms with van der Waals surface area (Å²) >= 11 is 0. The lowest BCUT2D eigenvalue weighted by Crippen LogP contribution is -2.50. The van der Waals surface area contributed by atoms with Crippen LogP contribution in [0, 0.1) is 23.2 Å². The highest BCUT2D eigenvalue weighted by molar-refractivity contribution is 6.03. The normalized spacial score (nSPS) is 46.9. The Hall–Kier alpha value is -1.76. The maximum absolute atomic E-state index is 14.5. The van der Waals surface area contributed by atoms with Crippen molar-refractivity contribution in [1.29, 1.82) is 0 Å². The molecule has 6 nitrogen and oxygen atoms in total. The first-order valence-electron chi connectivity index (χ1n) is 14.9. The van der Waals surface area contributed by atoms with E-state index < -0.39 is 17.7 Å². The van der Waals surface area contributed by atoms with Gasteiger partial charge in [0.2, 0.25) is 5.78 Å². The highest BCUT2D eigenvalue weighted by Gasteiger charge is 2.69. The molecule has 2 aliphatic carbocycles. The number of methoxy groups -OCH3 is 1. The van der Waals surface area contributed by atoms with E-state index in [1.165, 1.54) is 12.5 Å². The van der Waals surface area contributed by atoms with Gasteiger partial charge < -0.3 is 18.9 Å². The summed E-state index contributed by atoms with van der Waals surface area (Å²) in [5.41, 5.74) is 3.32. The van der Waals surface area contributed by atoms with Gasteiger partial charge in [-0.2, -0.15) is 0 Å². The van der Waals surface area contributed by atoms with Crippen LogP contribution in [-0.4, -0.2) is 54.5 Å². The lowest BCUT2D eigenvalue weighted by atomic mass is 9.56. The first-order chi connectivity index (χ1) is 18.3. The number of esters is 1. The second-order valence-electron chi connectivity index (χ2n) is 13.9. The van der Waals surface area contributed by atoms with Crippen molar-refractivity contribution in [1.82, 2.24) is 0 Å². The van der Waals surface area contributed by atoms with Crippen LogP contribution >= 0.6 is 0 Å². The van der Waals surface area contributed by atoms with E-state index in [2.05, 4.69) is 53.7 Å². The summed E-state index contributed by atoms with van der Waals surface area (Å²) in [6.07, 6.45) is 8.92. The number of carbonyl (C=O) groups is 2. The van der Waals surface area contributed by atoms with Crippen molar-refractivity contribution in [3.63, 3.8) is 0 Å². The van der Waals surface area contributed by atoms with Crippen molar-refractivity contribution in [3.05, 3.63) is 34.4 Å². The average Bonchev–Trinajstić information content (AvgIpc) is 3.32. The SMILES string of the molecule is CO[C@@H]1/C=C(\C)C[C@@]23O[C@@H](C(C)=C2C(=O)[C@H](OC(C)=O)[C@@H](C)C1)[C@@]1(C)CC[C@H]2O[C@]2(C)CC/C(C(C)C)=C\[C@@H]13. The molecule has 6 heteroatoms. The van der Waals surface area contributed by atoms with Crippen LogP contribution in [0.1, 0.15) is 93.9 Å². The highest BCUT2D eigenvalue weighted by atomic mass is 16.6. The van der Waals surface area contributed by atoms with Crippen LogP contribution in [0.2, 0.25) is 0 Å². The predicted octanol–water partition coefficient (Wildman–Crippen LogP) is 6.28. The minimum atomic E-state index is -0.864. The number of carbonyl (C=O) groups excluding carboxylic acids is 2. The molecular formula is C33H48O6. The van der Waals surface area contributed by atoms with E-state index in [1.54, 1.807) is 7.11 Å². The third kappa shape index (κ3) is 4.68. The first kappa shape index (κ1) is 28.8. The Kier molecular flexibility index (Phi) is 7.34. The molecular weight excluding hydrogens is 492 g/mol. The Bertz CT molecular complexity index is 1130. The van der Waals surface area contributed by atoms with E-state index >= 15 is 0 Å². The number of epoxide rings is 1. The fourth-order valence-corrected chi connectivity index (χ4v) is 8.38. The number of Topliss-reactive ketones (excluding diaryl/α,β-unsaturated/α-hetero) is 1. The number of allylic oxidation sites excluding steroid dienone is 1. The van der Waals surface area contributed by atoms with Crippen molar-refractivity contribution in [3.8, 4) is 0 Å². The van der Waals surface area contributed by atoms with Gasteiger partial charge in [-0.3, -0.25) is 9.59 Å². The van der Waals surface area contributed by atoms with E-state index in [0.29, 0.717) is 18.8 Å². The van der Waals surface area contributed by atoms with Crippen LogP contribution in [0.15, 0.2) is 34.4 Å². The van der Waals surface area contributed by atoms with Gasteiger partial charge in [0.25, 0.3) is 0 Å². The molecule has 216 valence electrons. The zero-order chi connectivity index (χ0) is 28.5. The largest absolute Gasteiger partial charge is 0.454 e. The number of fused-ring (bicyclic) bond motifs is 4. The van der Waals surface area contributed by atoms with Gasteiger partial charge in [0.1, 0.15) is 5.60 Å². The quantitative estimate of drug-likeness (QED) is 0.238. The predicted molar refractivity (Wildman–Crippen MR) is 150 cm³/mol. The first-order valence-corrected chi connectivity index (χ1v) is 14.9. The summed E-state index contributed by atoms with van der Waals surface area (Å²) in [7, 11) is 1.70. The molecule has 9 atom stereocenters. The highest BCUT2D eigenvalue weighted by Crippen LogP contribution is 2.66. The molecule has 5 rings (SSSR count). The molecule has 3 aliphatic heterocycles. The Morgan fingerprint density at radius 3 is 2.49 bits per heavy atom. The van der Waals surface area contributed by atoms with E-state index in [1.807, 2.05) is 6.92 Å². The molecule has 2 saturated heterocycles. The summed E-state index contributed by atoms with van der Waals surface area (Å²) < 4.78 is 25.0. The Balaban J connectivity index is 1.70. The minimum Gasteiger partial charge on any atom is -0.454 e. The Morgan fingerprint density at radius 1 is 1.13 bits per heavy atom. The van der Waals surface area contributed by atoms with Gasteiger partial charge in [-0.1, -0.05) is 51.0 Å². The third-order valence-corrected chi connectivity index (χ3v) is 10.6. The third-order valence-electron chi connectivity index (χ3n) is 10.6. The van der Waals surface area contributed by atoms with Crippen LogP contribution in [-0.2, 0) is 28.5 Å². The molecule has 0 aromatic rings. The maximum atomic E-state index is 14.5. The topological polar surface area (TPSA) is 74.4 Å². The van der Waals surface area contributed by atoms with Crippen molar-refractivity contribution in [2.45, 2.75) is 130 Å². The number of ketones is 1. The second-order valence-corrected chi connectivity index (χ2v) is 13.9. The number of ether oxygens (including phenoxy) is 4. The summed E-state index contributed by atoms with van der Waals surface area (Å²) in [5.74, 6) is -0.328. The zero-order valence-electron chi connectivity index (χ0n) is 25.4. The van der Waals surface area contributed by atoms with Crippen LogP contribution in [0.25, 0.3) is 0 Å². The molecule has 0 aromatic carbocycles. The van der Waals surface area contributed by atoms with Crippen LogP contribution in [0.3, 0.4) is 0 Å². The smallest absolute Gasteiger partial charge is 0.303 e. The van der Waals surface area contributed by atoms with E-state index in [9.17, 15) is 9.59 Å². The van der Waals surface area contributed by atoms with E-state index in [0.717, 1.165) is 42.4 Å². The molecule has 0 N–H and O–H groups in total. The number of hydrogen-bond donors (Lipinski definition) is 0. The molecule has 1 spiro atoms. The monoisotopic (exact) mass is 540 g/mol. The molecule has 0 radical (unpaired) electrons. The van der Waals surface area contributed by atoms with Gasteiger partial charge >= 0.3 is 5.97 Å². The van der Waals surface area contributed by atoms with Crippen LogP contribution in [0.5, 0.6) is 0 Å². The fourth-order valence-electron chi connectivity index (χ4n) is 8.38. The summed E-state index contributed by atoms with van der Waals surface area (Å²) in [6, 6.07) is 0.